The minimum atomic E-state index is 0.262. The van der Waals surface area contributed by atoms with Crippen LogP contribution in [0.25, 0.3) is 11.1 Å². The standard InChI is InChI=1S/C14H15NO/c1-10-2-4-11(5-3-10)12-6-7-14(16)13(8-12)9-15/h2-8,16H,9,15H2,1H3. The van der Waals surface area contributed by atoms with Crippen LogP contribution in [0.5, 0.6) is 5.75 Å². The van der Waals surface area contributed by atoms with E-state index in [1.54, 1.807) is 6.07 Å². The van der Waals surface area contributed by atoms with Crippen LogP contribution >= 0.6 is 0 Å². The lowest BCUT2D eigenvalue weighted by Crippen LogP contribution is -1.96. The third kappa shape index (κ3) is 2.07. The average Bonchev–Trinajstić information content (AvgIpc) is 2.31. The summed E-state index contributed by atoms with van der Waals surface area (Å²) in [6, 6.07) is 13.8. The highest BCUT2D eigenvalue weighted by Gasteiger charge is 2.02. The van der Waals surface area contributed by atoms with Crippen molar-refractivity contribution in [1.29, 1.82) is 0 Å². The Morgan fingerprint density at radius 3 is 2.25 bits per heavy atom. The van der Waals surface area contributed by atoms with Gasteiger partial charge in [0, 0.05) is 12.1 Å². The summed E-state index contributed by atoms with van der Waals surface area (Å²) in [4.78, 5) is 0. The lowest BCUT2D eigenvalue weighted by atomic mass is 10.0. The molecule has 0 bridgehead atoms. The van der Waals surface area contributed by atoms with Gasteiger partial charge < -0.3 is 10.8 Å². The second-order valence-electron chi connectivity index (χ2n) is 3.91. The van der Waals surface area contributed by atoms with E-state index < -0.39 is 0 Å². The number of phenols is 1. The van der Waals surface area contributed by atoms with E-state index in [1.165, 1.54) is 5.56 Å². The lowest BCUT2D eigenvalue weighted by Gasteiger charge is -2.06. The third-order valence-corrected chi connectivity index (χ3v) is 2.68. The Morgan fingerprint density at radius 2 is 1.62 bits per heavy atom. The highest BCUT2D eigenvalue weighted by Crippen LogP contribution is 2.25. The van der Waals surface area contributed by atoms with Crippen LogP contribution in [-0.2, 0) is 6.54 Å². The molecule has 0 atom stereocenters. The van der Waals surface area contributed by atoms with Gasteiger partial charge in [0.25, 0.3) is 0 Å². The maximum atomic E-state index is 9.55. The number of nitrogens with two attached hydrogens (primary N) is 1. The van der Waals surface area contributed by atoms with Crippen molar-refractivity contribution >= 4 is 0 Å². The van der Waals surface area contributed by atoms with Gasteiger partial charge in [0.15, 0.2) is 0 Å². The molecular weight excluding hydrogens is 198 g/mol. The highest BCUT2D eigenvalue weighted by molar-refractivity contribution is 5.65. The Labute approximate surface area is 95.4 Å². The SMILES string of the molecule is Cc1ccc(-c2ccc(O)c(CN)c2)cc1. The van der Waals surface area contributed by atoms with Crippen molar-refractivity contribution in [2.45, 2.75) is 13.5 Å². The molecular formula is C14H15NO. The number of rotatable bonds is 2. The molecule has 2 heteroatoms. The summed E-state index contributed by atoms with van der Waals surface area (Å²) < 4.78 is 0. The zero-order valence-electron chi connectivity index (χ0n) is 9.27. The smallest absolute Gasteiger partial charge is 0.120 e. The second-order valence-corrected chi connectivity index (χ2v) is 3.91. The zero-order chi connectivity index (χ0) is 11.5. The molecule has 82 valence electrons. The Hall–Kier alpha value is -1.80. The van der Waals surface area contributed by atoms with E-state index in [9.17, 15) is 5.11 Å². The lowest BCUT2D eigenvalue weighted by molar-refractivity contribution is 0.468. The molecule has 0 aliphatic rings. The number of hydrogen-bond acceptors (Lipinski definition) is 2. The summed E-state index contributed by atoms with van der Waals surface area (Å²) in [6.45, 7) is 2.41. The quantitative estimate of drug-likeness (QED) is 0.805. The summed E-state index contributed by atoms with van der Waals surface area (Å²) in [5, 5.41) is 9.55. The van der Waals surface area contributed by atoms with Crippen molar-refractivity contribution in [3.63, 3.8) is 0 Å². The van der Waals surface area contributed by atoms with Crippen LogP contribution in [0.1, 0.15) is 11.1 Å². The number of benzene rings is 2. The van der Waals surface area contributed by atoms with Crippen LogP contribution in [0.2, 0.25) is 0 Å². The van der Waals surface area contributed by atoms with E-state index in [0.717, 1.165) is 16.7 Å². The van der Waals surface area contributed by atoms with E-state index >= 15 is 0 Å². The second kappa shape index (κ2) is 4.37. The number of aryl methyl sites for hydroxylation is 1. The van der Waals surface area contributed by atoms with Gasteiger partial charge in [0.2, 0.25) is 0 Å². The molecule has 0 aromatic heterocycles. The molecule has 0 aliphatic heterocycles. The van der Waals surface area contributed by atoms with Crippen LogP contribution in [0.15, 0.2) is 42.5 Å². The van der Waals surface area contributed by atoms with Gasteiger partial charge >= 0.3 is 0 Å². The predicted molar refractivity (Wildman–Crippen MR) is 66.2 cm³/mol. The normalized spacial score (nSPS) is 10.4. The molecule has 2 aromatic rings. The Bertz CT molecular complexity index is 489. The molecule has 3 N–H and O–H groups in total. The van der Waals surface area contributed by atoms with E-state index in [1.807, 2.05) is 12.1 Å². The summed E-state index contributed by atoms with van der Waals surface area (Å²) in [5.74, 6) is 0.262. The van der Waals surface area contributed by atoms with Crippen molar-refractivity contribution in [2.75, 3.05) is 0 Å². The molecule has 0 saturated heterocycles. The third-order valence-electron chi connectivity index (χ3n) is 2.68. The van der Waals surface area contributed by atoms with Gasteiger partial charge in [-0.25, -0.2) is 0 Å². The molecule has 16 heavy (non-hydrogen) atoms. The van der Waals surface area contributed by atoms with Crippen molar-refractivity contribution in [3.8, 4) is 16.9 Å². The first-order chi connectivity index (χ1) is 7.70. The molecule has 0 heterocycles. The van der Waals surface area contributed by atoms with Gasteiger partial charge in [0.05, 0.1) is 0 Å². The fourth-order valence-electron chi connectivity index (χ4n) is 1.67. The molecule has 0 amide bonds. The molecule has 0 aliphatic carbocycles. The topological polar surface area (TPSA) is 46.2 Å². The zero-order valence-corrected chi connectivity index (χ0v) is 9.27. The van der Waals surface area contributed by atoms with Crippen LogP contribution in [0.4, 0.5) is 0 Å². The van der Waals surface area contributed by atoms with Crippen molar-refractivity contribution in [2.24, 2.45) is 5.73 Å². The Morgan fingerprint density at radius 1 is 1.00 bits per heavy atom. The average molecular weight is 213 g/mol. The Kier molecular flexibility index (Phi) is 2.93. The molecule has 2 nitrogen and oxygen atoms in total. The first-order valence-electron chi connectivity index (χ1n) is 5.29. The number of phenolic OH excluding ortho intramolecular Hbond substituents is 1. The minimum absolute atomic E-state index is 0.262. The molecule has 0 unspecified atom stereocenters. The molecule has 0 spiro atoms. The largest absolute Gasteiger partial charge is 0.508 e. The monoisotopic (exact) mass is 213 g/mol. The molecule has 2 aromatic carbocycles. The molecule has 0 saturated carbocycles. The molecule has 2 rings (SSSR count). The van der Waals surface area contributed by atoms with Crippen LogP contribution in [0.3, 0.4) is 0 Å². The first kappa shape index (κ1) is 10.7. The predicted octanol–water partition coefficient (Wildman–Crippen LogP) is 2.83. The van der Waals surface area contributed by atoms with E-state index in [-0.39, 0.29) is 5.75 Å². The Balaban J connectivity index is 2.44. The van der Waals surface area contributed by atoms with Gasteiger partial charge in [-0.3, -0.25) is 0 Å². The molecule has 0 fully saturated rings. The summed E-state index contributed by atoms with van der Waals surface area (Å²) in [7, 11) is 0. The van der Waals surface area contributed by atoms with E-state index in [4.69, 9.17) is 5.73 Å². The number of hydrogen-bond donors (Lipinski definition) is 2. The number of aromatic hydroxyl groups is 1. The van der Waals surface area contributed by atoms with Crippen LogP contribution < -0.4 is 5.73 Å². The maximum Gasteiger partial charge on any atom is 0.120 e. The highest BCUT2D eigenvalue weighted by atomic mass is 16.3. The minimum Gasteiger partial charge on any atom is -0.508 e. The maximum absolute atomic E-state index is 9.55. The van der Waals surface area contributed by atoms with Gasteiger partial charge in [-0.05, 0) is 30.2 Å². The van der Waals surface area contributed by atoms with E-state index in [0.29, 0.717) is 6.54 Å². The van der Waals surface area contributed by atoms with E-state index in [2.05, 4.69) is 31.2 Å². The van der Waals surface area contributed by atoms with Gasteiger partial charge in [-0.15, -0.1) is 0 Å². The van der Waals surface area contributed by atoms with Crippen molar-refractivity contribution in [3.05, 3.63) is 53.6 Å². The van der Waals surface area contributed by atoms with Crippen LogP contribution in [-0.4, -0.2) is 5.11 Å². The fourth-order valence-corrected chi connectivity index (χ4v) is 1.67. The van der Waals surface area contributed by atoms with Crippen LogP contribution in [0, 0.1) is 6.92 Å². The summed E-state index contributed by atoms with van der Waals surface area (Å²) in [5.41, 5.74) is 9.80. The van der Waals surface area contributed by atoms with Gasteiger partial charge in [-0.1, -0.05) is 35.9 Å². The fraction of sp³-hybridized carbons (Fsp3) is 0.143. The summed E-state index contributed by atoms with van der Waals surface area (Å²) in [6.07, 6.45) is 0. The summed E-state index contributed by atoms with van der Waals surface area (Å²) >= 11 is 0. The molecule has 0 radical (unpaired) electrons. The van der Waals surface area contributed by atoms with Crippen molar-refractivity contribution in [1.82, 2.24) is 0 Å². The first-order valence-corrected chi connectivity index (χ1v) is 5.29. The van der Waals surface area contributed by atoms with Gasteiger partial charge in [0.1, 0.15) is 5.75 Å². The van der Waals surface area contributed by atoms with Crippen molar-refractivity contribution < 1.29 is 5.11 Å². The van der Waals surface area contributed by atoms with Gasteiger partial charge in [-0.2, -0.15) is 0 Å².